The Balaban J connectivity index is 2.10. The van der Waals surface area contributed by atoms with Crippen molar-refractivity contribution < 1.29 is 9.53 Å². The minimum absolute atomic E-state index is 0.414. The molecule has 2 rings (SSSR count). The van der Waals surface area contributed by atoms with Crippen molar-refractivity contribution in [3.63, 3.8) is 0 Å². The monoisotopic (exact) mass is 319 g/mol. The van der Waals surface area contributed by atoms with E-state index in [-0.39, 0.29) is 0 Å². The second-order valence-electron chi connectivity index (χ2n) is 4.25. The van der Waals surface area contributed by atoms with Crippen molar-refractivity contribution in [2.24, 2.45) is 5.73 Å². The highest BCUT2D eigenvalue weighted by atomic mass is 79.9. The molecule has 0 bridgehead atoms. The Labute approximate surface area is 120 Å². The Morgan fingerprint density at radius 1 is 1.26 bits per heavy atom. The summed E-state index contributed by atoms with van der Waals surface area (Å²) >= 11 is 3.40. The van der Waals surface area contributed by atoms with E-state index in [2.05, 4.69) is 15.9 Å². The number of hydrogen-bond acceptors (Lipinski definition) is 2. The first-order valence-electron chi connectivity index (χ1n) is 5.84. The zero-order valence-corrected chi connectivity index (χ0v) is 12.1. The molecule has 0 aliphatic heterocycles. The number of ether oxygens (including phenoxy) is 1. The molecule has 0 fully saturated rings. The molecular formula is C15H14BrNO2. The van der Waals surface area contributed by atoms with Gasteiger partial charge in [-0.25, -0.2) is 0 Å². The first kappa shape index (κ1) is 13.6. The zero-order valence-electron chi connectivity index (χ0n) is 10.5. The van der Waals surface area contributed by atoms with Crippen LogP contribution in [0.5, 0.6) is 5.75 Å². The summed E-state index contributed by atoms with van der Waals surface area (Å²) < 4.78 is 6.69. The van der Waals surface area contributed by atoms with E-state index in [4.69, 9.17) is 10.5 Å². The van der Waals surface area contributed by atoms with E-state index < -0.39 is 5.91 Å². The molecule has 0 aliphatic rings. The van der Waals surface area contributed by atoms with Crippen LogP contribution in [0, 0.1) is 6.92 Å². The van der Waals surface area contributed by atoms with E-state index in [1.54, 1.807) is 12.1 Å². The van der Waals surface area contributed by atoms with Gasteiger partial charge in [0.15, 0.2) is 0 Å². The normalized spacial score (nSPS) is 10.2. The smallest absolute Gasteiger partial charge is 0.248 e. The zero-order chi connectivity index (χ0) is 13.8. The Hall–Kier alpha value is -1.81. The number of aryl methyl sites for hydroxylation is 1. The third-order valence-electron chi connectivity index (χ3n) is 2.82. The first-order chi connectivity index (χ1) is 9.06. The van der Waals surface area contributed by atoms with Gasteiger partial charge >= 0.3 is 0 Å². The third-order valence-corrected chi connectivity index (χ3v) is 3.31. The maximum absolute atomic E-state index is 11.1. The number of hydrogen-bond donors (Lipinski definition) is 1. The fourth-order valence-corrected chi connectivity index (χ4v) is 2.11. The van der Waals surface area contributed by atoms with Crippen LogP contribution < -0.4 is 10.5 Å². The second kappa shape index (κ2) is 5.89. The highest BCUT2D eigenvalue weighted by Crippen LogP contribution is 2.20. The van der Waals surface area contributed by atoms with Gasteiger partial charge in [-0.3, -0.25) is 4.79 Å². The van der Waals surface area contributed by atoms with Gasteiger partial charge in [0.05, 0.1) is 0 Å². The molecule has 2 N–H and O–H groups in total. The molecule has 0 radical (unpaired) electrons. The van der Waals surface area contributed by atoms with Gasteiger partial charge in [-0.05, 0) is 48.4 Å². The first-order valence-corrected chi connectivity index (χ1v) is 6.63. The van der Waals surface area contributed by atoms with Crippen molar-refractivity contribution >= 4 is 21.8 Å². The average molecular weight is 320 g/mol. The van der Waals surface area contributed by atoms with Crippen molar-refractivity contribution in [3.05, 3.63) is 63.6 Å². The number of rotatable bonds is 4. The van der Waals surface area contributed by atoms with Gasteiger partial charge in [0.1, 0.15) is 12.4 Å². The molecule has 0 aliphatic carbocycles. The Bertz CT molecular complexity index is 611. The Morgan fingerprint density at radius 2 is 2.05 bits per heavy atom. The summed E-state index contributed by atoms with van der Waals surface area (Å²) in [5.74, 6) is 0.385. The molecule has 19 heavy (non-hydrogen) atoms. The average Bonchev–Trinajstić information content (AvgIpc) is 2.37. The lowest BCUT2D eigenvalue weighted by Gasteiger charge is -2.10. The molecule has 4 heteroatoms. The van der Waals surface area contributed by atoms with Crippen LogP contribution in [0.25, 0.3) is 0 Å². The highest BCUT2D eigenvalue weighted by molar-refractivity contribution is 9.10. The minimum atomic E-state index is -0.414. The summed E-state index contributed by atoms with van der Waals surface area (Å²) in [5, 5.41) is 0. The predicted octanol–water partition coefficient (Wildman–Crippen LogP) is 3.44. The largest absolute Gasteiger partial charge is 0.489 e. The van der Waals surface area contributed by atoms with Crippen LogP contribution in [0.4, 0.5) is 0 Å². The molecule has 0 aromatic heterocycles. The van der Waals surface area contributed by atoms with E-state index in [1.165, 1.54) is 0 Å². The lowest BCUT2D eigenvalue weighted by Crippen LogP contribution is -2.11. The van der Waals surface area contributed by atoms with Crippen molar-refractivity contribution in [2.75, 3.05) is 0 Å². The van der Waals surface area contributed by atoms with Crippen LogP contribution in [0.3, 0.4) is 0 Å². The van der Waals surface area contributed by atoms with E-state index >= 15 is 0 Å². The van der Waals surface area contributed by atoms with Gasteiger partial charge in [0.25, 0.3) is 0 Å². The molecule has 0 unspecified atom stereocenters. The number of nitrogens with two attached hydrogens (primary N) is 1. The van der Waals surface area contributed by atoms with Crippen LogP contribution in [0.1, 0.15) is 21.5 Å². The number of halogens is 1. The molecule has 0 saturated carbocycles. The summed E-state index contributed by atoms with van der Waals surface area (Å²) in [4.78, 5) is 11.1. The van der Waals surface area contributed by atoms with Crippen LogP contribution in [0.2, 0.25) is 0 Å². The van der Waals surface area contributed by atoms with Crippen molar-refractivity contribution in [1.82, 2.24) is 0 Å². The number of benzene rings is 2. The summed E-state index contributed by atoms with van der Waals surface area (Å²) in [6.07, 6.45) is 0. The van der Waals surface area contributed by atoms with E-state index in [1.807, 2.05) is 37.3 Å². The molecule has 0 heterocycles. The maximum atomic E-state index is 11.1. The van der Waals surface area contributed by atoms with Gasteiger partial charge in [0, 0.05) is 10.0 Å². The van der Waals surface area contributed by atoms with Gasteiger partial charge in [0.2, 0.25) is 5.91 Å². The van der Waals surface area contributed by atoms with E-state index in [9.17, 15) is 4.79 Å². The second-order valence-corrected chi connectivity index (χ2v) is 5.17. The lowest BCUT2D eigenvalue weighted by atomic mass is 10.1. The quantitative estimate of drug-likeness (QED) is 0.938. The molecule has 0 atom stereocenters. The van der Waals surface area contributed by atoms with Crippen molar-refractivity contribution in [3.8, 4) is 5.75 Å². The highest BCUT2D eigenvalue weighted by Gasteiger charge is 2.05. The van der Waals surface area contributed by atoms with E-state index in [0.29, 0.717) is 12.2 Å². The molecular weight excluding hydrogens is 306 g/mol. The number of carbonyl (C=O) groups excluding carboxylic acids is 1. The predicted molar refractivity (Wildman–Crippen MR) is 78.2 cm³/mol. The van der Waals surface area contributed by atoms with Gasteiger partial charge < -0.3 is 10.5 Å². The molecule has 1 amide bonds. The molecule has 0 spiro atoms. The topological polar surface area (TPSA) is 52.3 Å². The number of primary amides is 1. The maximum Gasteiger partial charge on any atom is 0.248 e. The molecule has 2 aromatic rings. The number of amides is 1. The fourth-order valence-electron chi connectivity index (χ4n) is 1.73. The summed E-state index contributed by atoms with van der Waals surface area (Å²) in [6, 6.07) is 13.0. The fraction of sp³-hybridized carbons (Fsp3) is 0.133. The van der Waals surface area contributed by atoms with Gasteiger partial charge in [-0.2, -0.15) is 0 Å². The van der Waals surface area contributed by atoms with Crippen molar-refractivity contribution in [1.29, 1.82) is 0 Å². The minimum Gasteiger partial charge on any atom is -0.489 e. The standard InChI is InChI=1S/C15H14BrNO2/c1-10-7-11(15(17)18)5-6-12(10)9-19-14-4-2-3-13(16)8-14/h2-8H,9H2,1H3,(H2,17,18). The summed E-state index contributed by atoms with van der Waals surface area (Å²) in [5.41, 5.74) is 7.78. The van der Waals surface area contributed by atoms with Crippen LogP contribution in [0.15, 0.2) is 46.9 Å². The lowest BCUT2D eigenvalue weighted by molar-refractivity contribution is 0.1000. The summed E-state index contributed by atoms with van der Waals surface area (Å²) in [6.45, 7) is 2.40. The SMILES string of the molecule is Cc1cc(C(N)=O)ccc1COc1cccc(Br)c1. The molecule has 0 saturated heterocycles. The van der Waals surface area contributed by atoms with Crippen LogP contribution in [-0.4, -0.2) is 5.91 Å². The summed E-state index contributed by atoms with van der Waals surface area (Å²) in [7, 11) is 0. The van der Waals surface area contributed by atoms with Gasteiger partial charge in [-0.15, -0.1) is 0 Å². The van der Waals surface area contributed by atoms with Gasteiger partial charge in [-0.1, -0.05) is 28.1 Å². The Morgan fingerprint density at radius 3 is 2.68 bits per heavy atom. The molecule has 98 valence electrons. The Kier molecular flexibility index (Phi) is 4.22. The molecule has 3 nitrogen and oxygen atoms in total. The number of carbonyl (C=O) groups is 1. The van der Waals surface area contributed by atoms with E-state index in [0.717, 1.165) is 21.3 Å². The van der Waals surface area contributed by atoms with Crippen LogP contribution in [-0.2, 0) is 6.61 Å². The third kappa shape index (κ3) is 3.58. The molecule has 2 aromatic carbocycles. The van der Waals surface area contributed by atoms with Crippen LogP contribution >= 0.6 is 15.9 Å². The van der Waals surface area contributed by atoms with Crippen molar-refractivity contribution in [2.45, 2.75) is 13.5 Å².